The van der Waals surface area contributed by atoms with Crippen LogP contribution in [0.5, 0.6) is 5.75 Å². The Morgan fingerprint density at radius 3 is 2.69 bits per heavy atom. The monoisotopic (exact) mass is 476 g/mol. The van der Waals surface area contributed by atoms with Gasteiger partial charge in [0.25, 0.3) is 5.91 Å². The van der Waals surface area contributed by atoms with Crippen LogP contribution in [-0.4, -0.2) is 72.5 Å². The maximum atomic E-state index is 14.0. The van der Waals surface area contributed by atoms with Gasteiger partial charge < -0.3 is 28.8 Å². The van der Waals surface area contributed by atoms with Crippen molar-refractivity contribution in [2.75, 3.05) is 46.5 Å². The van der Waals surface area contributed by atoms with Gasteiger partial charge in [-0.05, 0) is 25.1 Å². The second-order valence-corrected chi connectivity index (χ2v) is 8.80. The number of carbonyl (C=O) groups is 2. The summed E-state index contributed by atoms with van der Waals surface area (Å²) in [6.07, 6.45) is 1.74. The van der Waals surface area contributed by atoms with E-state index in [9.17, 15) is 14.7 Å². The number of methoxy groups -OCH3 is 1. The molecular formula is C26H28N4O5. The Labute approximate surface area is 203 Å². The third kappa shape index (κ3) is 4.06. The smallest absolute Gasteiger partial charge is 0.295 e. The number of hydrogen-bond donors (Lipinski definition) is 1. The average Bonchev–Trinajstić information content (AvgIpc) is 3.35. The first-order chi connectivity index (χ1) is 17.0. The van der Waals surface area contributed by atoms with Crippen LogP contribution < -0.4 is 14.7 Å². The summed E-state index contributed by atoms with van der Waals surface area (Å²) < 4.78 is 12.7. The molecule has 2 aliphatic heterocycles. The van der Waals surface area contributed by atoms with E-state index < -0.39 is 23.5 Å². The van der Waals surface area contributed by atoms with Crippen LogP contribution in [0.25, 0.3) is 11.4 Å². The zero-order valence-electron chi connectivity index (χ0n) is 19.8. The van der Waals surface area contributed by atoms with E-state index >= 15 is 0 Å². The van der Waals surface area contributed by atoms with E-state index in [1.165, 1.54) is 16.9 Å². The highest BCUT2D eigenvalue weighted by Gasteiger charge is 2.45. The number of rotatable bonds is 6. The Morgan fingerprint density at radius 1 is 1.17 bits per heavy atom. The van der Waals surface area contributed by atoms with Crippen LogP contribution in [0.1, 0.15) is 23.0 Å². The number of nitrogens with zero attached hydrogens (tertiary/aromatic N) is 3. The highest BCUT2D eigenvalue weighted by atomic mass is 16.5. The van der Waals surface area contributed by atoms with Gasteiger partial charge in [0, 0.05) is 17.3 Å². The molecule has 1 unspecified atom stereocenters. The number of aryl methyl sites for hydroxylation is 1. The number of Topliss-reactive ketones (excluding diaryl/α,β-unsaturated/α-hetero) is 1. The fraction of sp³-hybridized carbons (Fsp3) is 0.346. The van der Waals surface area contributed by atoms with Crippen LogP contribution in [0.15, 0.2) is 54.2 Å². The number of amides is 1. The van der Waals surface area contributed by atoms with Gasteiger partial charge in [-0.3, -0.25) is 9.59 Å². The van der Waals surface area contributed by atoms with Crippen LogP contribution in [-0.2, 0) is 14.3 Å². The molecule has 0 aliphatic carbocycles. The maximum Gasteiger partial charge on any atom is 0.295 e. The normalized spacial score (nSPS) is 20.6. The molecule has 2 aliphatic rings. The molecule has 1 atom stereocenters. The zero-order valence-corrected chi connectivity index (χ0v) is 19.8. The topological polar surface area (TPSA) is 101 Å². The Kier molecular flexibility index (Phi) is 6.27. The van der Waals surface area contributed by atoms with E-state index in [1.54, 1.807) is 41.8 Å². The van der Waals surface area contributed by atoms with Gasteiger partial charge in [-0.25, -0.2) is 4.98 Å². The Hall–Kier alpha value is -3.69. The number of likely N-dealkylation sites (tertiary alicyclic amines) is 1. The van der Waals surface area contributed by atoms with Crippen molar-refractivity contribution in [2.45, 2.75) is 13.0 Å². The first-order valence-corrected chi connectivity index (χ1v) is 11.8. The number of nitrogens with one attached hydrogen (secondary N) is 1. The maximum absolute atomic E-state index is 14.0. The van der Waals surface area contributed by atoms with Gasteiger partial charge in [0.05, 0.1) is 50.8 Å². The standard InChI is InChI=1S/C26H28N4O5/c1-17-22(29-10-6-5-9-20(29)27-17)24(31)21-23(18-7-3-4-8-19(18)34-2)30(26(33)25(21)32)12-11-28-13-15-35-16-14-28/h3-10,23,31H,11-16H2,1-2H3/b24-21+. The van der Waals surface area contributed by atoms with Crippen LogP contribution >= 0.6 is 0 Å². The predicted molar refractivity (Wildman–Crippen MR) is 126 cm³/mol. The fourth-order valence-corrected chi connectivity index (χ4v) is 5.02. The Bertz CT molecular complexity index is 1310. The largest absolute Gasteiger partial charge is 0.871 e. The molecule has 9 heteroatoms. The molecule has 35 heavy (non-hydrogen) atoms. The van der Waals surface area contributed by atoms with E-state index in [2.05, 4.69) is 4.98 Å². The van der Waals surface area contributed by atoms with E-state index in [1.807, 2.05) is 18.2 Å². The minimum Gasteiger partial charge on any atom is -0.871 e. The number of hydrogen-bond acceptors (Lipinski definition) is 6. The number of benzene rings is 1. The molecule has 1 aromatic carbocycles. The number of pyridine rings is 1. The summed E-state index contributed by atoms with van der Waals surface area (Å²) in [5.41, 5.74) is 1.94. The van der Waals surface area contributed by atoms with Crippen LogP contribution in [0, 0.1) is 6.92 Å². The highest BCUT2D eigenvalue weighted by molar-refractivity contribution is 6.46. The lowest BCUT2D eigenvalue weighted by Crippen LogP contribution is -3.14. The molecule has 1 amide bonds. The van der Waals surface area contributed by atoms with Gasteiger partial charge in [0.1, 0.15) is 24.5 Å². The fourth-order valence-electron chi connectivity index (χ4n) is 5.02. The van der Waals surface area contributed by atoms with Gasteiger partial charge in [-0.15, -0.1) is 0 Å². The Balaban J connectivity index is 1.64. The van der Waals surface area contributed by atoms with E-state index in [4.69, 9.17) is 9.47 Å². The lowest BCUT2D eigenvalue weighted by molar-refractivity contribution is -0.907. The number of quaternary nitrogens is 1. The summed E-state index contributed by atoms with van der Waals surface area (Å²) in [4.78, 5) is 34.0. The molecule has 182 valence electrons. The molecule has 9 nitrogen and oxygen atoms in total. The molecular weight excluding hydrogens is 448 g/mol. The van der Waals surface area contributed by atoms with E-state index in [0.29, 0.717) is 49.0 Å². The predicted octanol–water partition coefficient (Wildman–Crippen LogP) is -0.210. The second kappa shape index (κ2) is 9.52. The second-order valence-electron chi connectivity index (χ2n) is 8.80. The number of aromatic nitrogens is 2. The molecule has 0 bridgehead atoms. The van der Waals surface area contributed by atoms with Gasteiger partial charge in [0.2, 0.25) is 5.78 Å². The lowest BCUT2D eigenvalue weighted by Gasteiger charge is -2.30. The molecule has 5 rings (SSSR count). The quantitative estimate of drug-likeness (QED) is 0.300. The van der Waals surface area contributed by atoms with Crippen molar-refractivity contribution in [3.63, 3.8) is 0 Å². The number of imidazole rings is 1. The third-order valence-electron chi connectivity index (χ3n) is 6.79. The van der Waals surface area contributed by atoms with E-state index in [0.717, 1.165) is 13.1 Å². The van der Waals surface area contributed by atoms with Crippen LogP contribution in [0.4, 0.5) is 0 Å². The minimum absolute atomic E-state index is 0.0646. The van der Waals surface area contributed by atoms with Gasteiger partial charge in [-0.2, -0.15) is 0 Å². The van der Waals surface area contributed by atoms with Crippen LogP contribution in [0.2, 0.25) is 0 Å². The van der Waals surface area contributed by atoms with Gasteiger partial charge in [0.15, 0.2) is 0 Å². The zero-order chi connectivity index (χ0) is 24.5. The lowest BCUT2D eigenvalue weighted by atomic mass is 9.95. The first kappa shape index (κ1) is 23.1. The summed E-state index contributed by atoms with van der Waals surface area (Å²) in [5, 5.41) is 14.0. The average molecular weight is 477 g/mol. The van der Waals surface area contributed by atoms with Crippen LogP contribution in [0.3, 0.4) is 0 Å². The Morgan fingerprint density at radius 2 is 1.91 bits per heavy atom. The molecule has 0 radical (unpaired) electrons. The molecule has 3 aromatic rings. The summed E-state index contributed by atoms with van der Waals surface area (Å²) >= 11 is 0. The summed E-state index contributed by atoms with van der Waals surface area (Å²) in [7, 11) is 1.54. The van der Waals surface area contributed by atoms with Gasteiger partial charge >= 0.3 is 0 Å². The number of fused-ring (bicyclic) bond motifs is 1. The molecule has 4 heterocycles. The van der Waals surface area contributed by atoms with Crippen molar-refractivity contribution in [1.29, 1.82) is 0 Å². The van der Waals surface area contributed by atoms with Crippen molar-refractivity contribution in [3.8, 4) is 5.75 Å². The highest BCUT2D eigenvalue weighted by Crippen LogP contribution is 2.42. The van der Waals surface area contributed by atoms with Crippen molar-refractivity contribution in [2.24, 2.45) is 0 Å². The number of ether oxygens (including phenoxy) is 2. The van der Waals surface area contributed by atoms with Crippen molar-refractivity contribution >= 4 is 23.1 Å². The number of para-hydroxylation sites is 1. The summed E-state index contributed by atoms with van der Waals surface area (Å²) in [5.74, 6) is -1.41. The molecule has 2 saturated heterocycles. The van der Waals surface area contributed by atoms with Crippen molar-refractivity contribution in [3.05, 3.63) is 71.2 Å². The number of morpholine rings is 1. The molecule has 2 aromatic heterocycles. The third-order valence-corrected chi connectivity index (χ3v) is 6.79. The SMILES string of the molecule is COc1ccccc1C1/C(=C(\[O-])c2c(C)nc3ccccn23)C(=O)C(=O)N1CC[NH+]1CCOCC1. The van der Waals surface area contributed by atoms with Crippen molar-refractivity contribution < 1.29 is 29.1 Å². The molecule has 2 fully saturated rings. The summed E-state index contributed by atoms with van der Waals surface area (Å²) in [6.45, 7) is 5.75. The molecule has 1 N–H and O–H groups in total. The molecule has 0 spiro atoms. The first-order valence-electron chi connectivity index (χ1n) is 11.8. The number of carbonyl (C=O) groups excluding carboxylic acids is 2. The van der Waals surface area contributed by atoms with E-state index in [-0.39, 0.29) is 11.3 Å². The minimum atomic E-state index is -0.840. The summed E-state index contributed by atoms with van der Waals surface area (Å²) in [6, 6.07) is 11.8. The van der Waals surface area contributed by atoms with Gasteiger partial charge in [-0.1, -0.05) is 30.0 Å². The molecule has 0 saturated carbocycles. The van der Waals surface area contributed by atoms with Crippen molar-refractivity contribution in [1.82, 2.24) is 14.3 Å². The number of ketones is 1.